The molecule has 0 bridgehead atoms. The van der Waals surface area contributed by atoms with E-state index < -0.39 is 12.0 Å². The molecule has 96 valence electrons. The minimum absolute atomic E-state index is 0.00286. The summed E-state index contributed by atoms with van der Waals surface area (Å²) in [6, 6.07) is 0. The van der Waals surface area contributed by atoms with Gasteiger partial charge in [0.25, 0.3) is 0 Å². The molecule has 2 atom stereocenters. The summed E-state index contributed by atoms with van der Waals surface area (Å²) < 4.78 is 26.7. The molecule has 1 heterocycles. The summed E-state index contributed by atoms with van der Waals surface area (Å²) in [7, 11) is 0. The lowest BCUT2D eigenvalue weighted by Gasteiger charge is -2.27. The summed E-state index contributed by atoms with van der Waals surface area (Å²) in [5, 5.41) is 10.3. The summed E-state index contributed by atoms with van der Waals surface area (Å²) in [6.07, 6.45) is 0.670. The Morgan fingerprint density at radius 1 is 1.53 bits per heavy atom. The number of hydrogen-bond donors (Lipinski definition) is 1. The van der Waals surface area contributed by atoms with Crippen LogP contribution in [-0.2, 0) is 0 Å². The molecule has 0 amide bonds. The zero-order valence-electron chi connectivity index (χ0n) is 10.0. The highest BCUT2D eigenvalue weighted by Gasteiger charge is 2.38. The molecule has 1 aromatic rings. The van der Waals surface area contributed by atoms with Crippen molar-refractivity contribution in [2.75, 3.05) is 0 Å². The van der Waals surface area contributed by atoms with E-state index in [2.05, 4.69) is 4.98 Å². The number of hydrogen-bond acceptors (Lipinski definition) is 3. The number of aliphatic hydroxyl groups is 1. The molecule has 1 fully saturated rings. The van der Waals surface area contributed by atoms with Gasteiger partial charge in [-0.15, -0.1) is 11.3 Å². The minimum atomic E-state index is -2.55. The van der Waals surface area contributed by atoms with E-state index in [-0.39, 0.29) is 18.8 Å². The van der Waals surface area contributed by atoms with Crippen molar-refractivity contribution >= 4 is 11.3 Å². The molecule has 1 aliphatic carbocycles. The highest BCUT2D eigenvalue weighted by molar-refractivity contribution is 7.11. The Morgan fingerprint density at radius 2 is 2.24 bits per heavy atom. The number of aliphatic hydroxyl groups excluding tert-OH is 1. The second-order valence-corrected chi connectivity index (χ2v) is 5.89. The lowest BCUT2D eigenvalue weighted by molar-refractivity contribution is -0.0408. The van der Waals surface area contributed by atoms with Crippen molar-refractivity contribution in [3.63, 3.8) is 0 Å². The van der Waals surface area contributed by atoms with Crippen LogP contribution in [0, 0.1) is 6.92 Å². The molecular weight excluding hydrogens is 244 g/mol. The Morgan fingerprint density at radius 3 is 2.76 bits per heavy atom. The first-order valence-corrected chi connectivity index (χ1v) is 6.74. The van der Waals surface area contributed by atoms with E-state index in [0.717, 1.165) is 22.0 Å². The van der Waals surface area contributed by atoms with Gasteiger partial charge in [0, 0.05) is 18.8 Å². The third-order valence-electron chi connectivity index (χ3n) is 3.22. The first-order valence-electron chi connectivity index (χ1n) is 5.92. The zero-order chi connectivity index (χ0) is 12.6. The molecule has 5 heteroatoms. The van der Waals surface area contributed by atoms with Gasteiger partial charge in [-0.1, -0.05) is 0 Å². The van der Waals surface area contributed by atoms with E-state index >= 15 is 0 Å². The number of aromatic nitrogens is 1. The van der Waals surface area contributed by atoms with E-state index in [1.165, 1.54) is 11.3 Å². The summed E-state index contributed by atoms with van der Waals surface area (Å²) in [4.78, 5) is 5.15. The number of thiazole rings is 1. The van der Waals surface area contributed by atoms with Gasteiger partial charge in [-0.05, 0) is 26.7 Å². The fourth-order valence-corrected chi connectivity index (χ4v) is 3.51. The van der Waals surface area contributed by atoms with Crippen molar-refractivity contribution in [3.05, 3.63) is 15.6 Å². The number of nitrogens with zero attached hydrogens (tertiary/aromatic N) is 1. The quantitative estimate of drug-likeness (QED) is 0.878. The number of aryl methyl sites for hydroxylation is 1. The molecule has 1 aliphatic rings. The van der Waals surface area contributed by atoms with Crippen molar-refractivity contribution in [2.45, 2.75) is 57.5 Å². The predicted molar refractivity (Wildman–Crippen MR) is 63.6 cm³/mol. The second-order valence-electron chi connectivity index (χ2n) is 4.83. The van der Waals surface area contributed by atoms with Crippen LogP contribution < -0.4 is 0 Å². The van der Waals surface area contributed by atoms with Crippen molar-refractivity contribution in [3.8, 4) is 0 Å². The van der Waals surface area contributed by atoms with Crippen LogP contribution in [0.5, 0.6) is 0 Å². The molecule has 0 aromatic carbocycles. The lowest BCUT2D eigenvalue weighted by Crippen LogP contribution is -2.24. The van der Waals surface area contributed by atoms with Crippen LogP contribution in [0.3, 0.4) is 0 Å². The van der Waals surface area contributed by atoms with Crippen molar-refractivity contribution in [1.29, 1.82) is 0 Å². The van der Waals surface area contributed by atoms with Gasteiger partial charge in [0.05, 0.1) is 21.7 Å². The fourth-order valence-electron chi connectivity index (χ4n) is 2.37. The maximum absolute atomic E-state index is 13.3. The van der Waals surface area contributed by atoms with Crippen LogP contribution >= 0.6 is 11.3 Å². The van der Waals surface area contributed by atoms with Gasteiger partial charge in [-0.3, -0.25) is 0 Å². The highest BCUT2D eigenvalue weighted by Crippen LogP contribution is 2.43. The topological polar surface area (TPSA) is 33.1 Å². The number of halogens is 2. The van der Waals surface area contributed by atoms with Crippen LogP contribution in [0.25, 0.3) is 0 Å². The smallest absolute Gasteiger partial charge is 0.248 e. The van der Waals surface area contributed by atoms with E-state index in [1.54, 1.807) is 6.92 Å². The summed E-state index contributed by atoms with van der Waals surface area (Å²) in [6.45, 7) is 3.50. The van der Waals surface area contributed by atoms with Crippen LogP contribution in [0.4, 0.5) is 8.78 Å². The Bertz CT molecular complexity index is 403. The molecule has 2 unspecified atom stereocenters. The van der Waals surface area contributed by atoms with Crippen molar-refractivity contribution < 1.29 is 13.9 Å². The Balaban J connectivity index is 2.20. The Kier molecular flexibility index (Phi) is 3.50. The van der Waals surface area contributed by atoms with Crippen LogP contribution in [0.2, 0.25) is 0 Å². The monoisotopic (exact) mass is 261 g/mol. The molecule has 2 nitrogen and oxygen atoms in total. The molecule has 17 heavy (non-hydrogen) atoms. The Hall–Kier alpha value is -0.550. The first-order chi connectivity index (χ1) is 7.89. The SMILES string of the molecule is Cc1nc(C2CCCC(F)(F)C2)sc1C(C)O. The van der Waals surface area contributed by atoms with Crippen molar-refractivity contribution in [1.82, 2.24) is 4.98 Å². The largest absolute Gasteiger partial charge is 0.388 e. The number of alkyl halides is 2. The third kappa shape index (κ3) is 2.83. The molecule has 0 radical (unpaired) electrons. The standard InChI is InChI=1S/C12H17F2NOS/c1-7-10(8(2)16)17-11(15-7)9-4-3-5-12(13,14)6-9/h8-9,16H,3-6H2,1-2H3. The molecule has 1 N–H and O–H groups in total. The minimum Gasteiger partial charge on any atom is -0.388 e. The third-order valence-corrected chi connectivity index (χ3v) is 4.71. The average Bonchev–Trinajstić information content (AvgIpc) is 2.59. The molecule has 1 aromatic heterocycles. The predicted octanol–water partition coefficient (Wildman–Crippen LogP) is 3.80. The zero-order valence-corrected chi connectivity index (χ0v) is 10.9. The van der Waals surface area contributed by atoms with Crippen molar-refractivity contribution in [2.24, 2.45) is 0 Å². The summed E-state index contributed by atoms with van der Waals surface area (Å²) >= 11 is 1.38. The second kappa shape index (κ2) is 4.61. The van der Waals surface area contributed by atoms with Gasteiger partial charge in [0.1, 0.15) is 0 Å². The highest BCUT2D eigenvalue weighted by atomic mass is 32.1. The molecular formula is C12H17F2NOS. The van der Waals surface area contributed by atoms with Gasteiger partial charge in [-0.2, -0.15) is 0 Å². The number of rotatable bonds is 2. The van der Waals surface area contributed by atoms with Gasteiger partial charge < -0.3 is 5.11 Å². The summed E-state index contributed by atoms with van der Waals surface area (Å²) in [5.41, 5.74) is 0.772. The van der Waals surface area contributed by atoms with Gasteiger partial charge >= 0.3 is 0 Å². The van der Waals surface area contributed by atoms with Gasteiger partial charge in [0.15, 0.2) is 0 Å². The van der Waals surface area contributed by atoms with Crippen LogP contribution in [-0.4, -0.2) is 16.0 Å². The molecule has 2 rings (SSSR count). The molecule has 0 aliphatic heterocycles. The summed E-state index contributed by atoms with van der Waals surface area (Å²) in [5.74, 6) is -2.69. The molecule has 0 spiro atoms. The molecule has 0 saturated heterocycles. The van der Waals surface area contributed by atoms with E-state index in [1.807, 2.05) is 6.92 Å². The van der Waals surface area contributed by atoms with Crippen LogP contribution in [0.1, 0.15) is 60.2 Å². The average molecular weight is 261 g/mol. The lowest BCUT2D eigenvalue weighted by atomic mass is 9.87. The maximum atomic E-state index is 13.3. The fraction of sp³-hybridized carbons (Fsp3) is 0.750. The first kappa shape index (κ1) is 12.9. The maximum Gasteiger partial charge on any atom is 0.248 e. The van der Waals surface area contributed by atoms with E-state index in [4.69, 9.17) is 0 Å². The Labute approximate surface area is 104 Å². The van der Waals surface area contributed by atoms with E-state index in [0.29, 0.717) is 6.42 Å². The van der Waals surface area contributed by atoms with E-state index in [9.17, 15) is 13.9 Å². The van der Waals surface area contributed by atoms with Crippen LogP contribution in [0.15, 0.2) is 0 Å². The molecule has 1 saturated carbocycles. The normalized spacial score (nSPS) is 25.8. The van der Waals surface area contributed by atoms with Gasteiger partial charge in [0.2, 0.25) is 5.92 Å². The van der Waals surface area contributed by atoms with Gasteiger partial charge in [-0.25, -0.2) is 13.8 Å².